The Bertz CT molecular complexity index is 665. The molecule has 1 aliphatic rings. The molecule has 0 bridgehead atoms. The molecule has 2 aromatic rings. The summed E-state index contributed by atoms with van der Waals surface area (Å²) in [6, 6.07) is 16.9. The number of amides is 3. The van der Waals surface area contributed by atoms with Gasteiger partial charge in [0.1, 0.15) is 6.54 Å². The quantitative estimate of drug-likeness (QED) is 0.811. The van der Waals surface area contributed by atoms with E-state index >= 15 is 0 Å². The number of benzene rings is 2. The van der Waals surface area contributed by atoms with Crippen LogP contribution in [0.4, 0.5) is 10.5 Å². The van der Waals surface area contributed by atoms with Gasteiger partial charge in [0.05, 0.1) is 6.54 Å². The summed E-state index contributed by atoms with van der Waals surface area (Å²) >= 11 is 0. The molecule has 0 radical (unpaired) electrons. The maximum absolute atomic E-state index is 12.4. The van der Waals surface area contributed by atoms with Crippen molar-refractivity contribution in [2.24, 2.45) is 0 Å². The van der Waals surface area contributed by atoms with Gasteiger partial charge in [-0.3, -0.25) is 14.6 Å². The number of aryl methyl sites for hydroxylation is 1. The highest BCUT2D eigenvalue weighted by Gasteiger charge is 2.36. The van der Waals surface area contributed by atoms with Gasteiger partial charge in [0, 0.05) is 5.69 Å². The Labute approximate surface area is 123 Å². The van der Waals surface area contributed by atoms with Crippen molar-refractivity contribution in [3.63, 3.8) is 0 Å². The van der Waals surface area contributed by atoms with E-state index in [1.807, 2.05) is 61.5 Å². The largest absolute Gasteiger partial charge is 0.332 e. The van der Waals surface area contributed by atoms with Crippen molar-refractivity contribution in [3.05, 3.63) is 65.7 Å². The third-order valence-corrected chi connectivity index (χ3v) is 3.59. The first-order valence-corrected chi connectivity index (χ1v) is 6.87. The van der Waals surface area contributed by atoms with E-state index in [-0.39, 0.29) is 18.5 Å². The lowest BCUT2D eigenvalue weighted by Crippen LogP contribution is -2.32. The Morgan fingerprint density at radius 2 is 1.62 bits per heavy atom. The highest BCUT2D eigenvalue weighted by atomic mass is 16.2. The SMILES string of the molecule is Cc1ccc(CN2C(=O)CN(c3ccccc3)C2=O)cc1. The highest BCUT2D eigenvalue weighted by Crippen LogP contribution is 2.22. The van der Waals surface area contributed by atoms with Gasteiger partial charge in [0.2, 0.25) is 0 Å². The standard InChI is InChI=1S/C17H16N2O2/c1-13-7-9-14(10-8-13)11-19-16(20)12-18(17(19)21)15-5-3-2-4-6-15/h2-10H,11-12H2,1H3. The van der Waals surface area contributed by atoms with Gasteiger partial charge >= 0.3 is 6.03 Å². The number of hydrogen-bond acceptors (Lipinski definition) is 2. The minimum absolute atomic E-state index is 0.106. The van der Waals surface area contributed by atoms with Crippen LogP contribution in [0.1, 0.15) is 11.1 Å². The lowest BCUT2D eigenvalue weighted by molar-refractivity contribution is -0.125. The van der Waals surface area contributed by atoms with E-state index in [2.05, 4.69) is 0 Å². The minimum atomic E-state index is -0.258. The summed E-state index contributed by atoms with van der Waals surface area (Å²) < 4.78 is 0. The molecule has 1 aliphatic heterocycles. The van der Waals surface area contributed by atoms with Gasteiger partial charge in [-0.15, -0.1) is 0 Å². The summed E-state index contributed by atoms with van der Waals surface area (Å²) in [6.07, 6.45) is 0. The zero-order valence-electron chi connectivity index (χ0n) is 11.8. The molecule has 0 spiro atoms. The number of anilines is 1. The lowest BCUT2D eigenvalue weighted by atomic mass is 10.1. The number of para-hydroxylation sites is 1. The maximum atomic E-state index is 12.4. The van der Waals surface area contributed by atoms with Crippen LogP contribution >= 0.6 is 0 Å². The smallest absolute Gasteiger partial charge is 0.285 e. The summed E-state index contributed by atoms with van der Waals surface area (Å²) in [6.45, 7) is 2.43. The van der Waals surface area contributed by atoms with Gasteiger partial charge in [-0.1, -0.05) is 48.0 Å². The van der Waals surface area contributed by atoms with Crippen LogP contribution in [0.3, 0.4) is 0 Å². The summed E-state index contributed by atoms with van der Waals surface area (Å²) in [7, 11) is 0. The van der Waals surface area contributed by atoms with Crippen LogP contribution in [-0.4, -0.2) is 23.4 Å². The van der Waals surface area contributed by atoms with Crippen molar-refractivity contribution in [2.45, 2.75) is 13.5 Å². The van der Waals surface area contributed by atoms with Gasteiger partial charge in [-0.2, -0.15) is 0 Å². The lowest BCUT2D eigenvalue weighted by Gasteiger charge is -2.17. The zero-order chi connectivity index (χ0) is 14.8. The molecular weight excluding hydrogens is 264 g/mol. The molecule has 2 aromatic carbocycles. The molecule has 0 unspecified atom stereocenters. The van der Waals surface area contributed by atoms with E-state index < -0.39 is 0 Å². The molecule has 0 atom stereocenters. The molecule has 3 amide bonds. The molecule has 4 nitrogen and oxygen atoms in total. The molecule has 0 aliphatic carbocycles. The van der Waals surface area contributed by atoms with E-state index in [9.17, 15) is 9.59 Å². The van der Waals surface area contributed by atoms with Crippen molar-refractivity contribution >= 4 is 17.6 Å². The van der Waals surface area contributed by atoms with Crippen molar-refractivity contribution < 1.29 is 9.59 Å². The predicted octanol–water partition coefficient (Wildman–Crippen LogP) is 2.96. The highest BCUT2D eigenvalue weighted by molar-refractivity contribution is 6.12. The second-order valence-corrected chi connectivity index (χ2v) is 5.17. The summed E-state index contributed by atoms with van der Waals surface area (Å²) in [4.78, 5) is 27.3. The van der Waals surface area contributed by atoms with E-state index in [4.69, 9.17) is 0 Å². The zero-order valence-corrected chi connectivity index (χ0v) is 11.8. The van der Waals surface area contributed by atoms with E-state index in [0.29, 0.717) is 6.54 Å². The van der Waals surface area contributed by atoms with Gasteiger partial charge in [0.25, 0.3) is 5.91 Å². The number of urea groups is 1. The Morgan fingerprint density at radius 3 is 2.29 bits per heavy atom. The topological polar surface area (TPSA) is 40.6 Å². The van der Waals surface area contributed by atoms with Gasteiger partial charge in [0.15, 0.2) is 0 Å². The summed E-state index contributed by atoms with van der Waals surface area (Å²) in [5.74, 6) is -0.163. The van der Waals surface area contributed by atoms with Crippen molar-refractivity contribution in [3.8, 4) is 0 Å². The van der Waals surface area contributed by atoms with Crippen LogP contribution in [0.2, 0.25) is 0 Å². The average Bonchev–Trinajstić information content (AvgIpc) is 2.78. The molecule has 3 rings (SSSR count). The number of rotatable bonds is 3. The van der Waals surface area contributed by atoms with Crippen molar-refractivity contribution in [1.29, 1.82) is 0 Å². The maximum Gasteiger partial charge on any atom is 0.332 e. The molecule has 106 valence electrons. The molecule has 1 heterocycles. The second-order valence-electron chi connectivity index (χ2n) is 5.17. The van der Waals surface area contributed by atoms with E-state index in [1.165, 1.54) is 9.80 Å². The monoisotopic (exact) mass is 280 g/mol. The minimum Gasteiger partial charge on any atom is -0.285 e. The van der Waals surface area contributed by atoms with E-state index in [0.717, 1.165) is 16.8 Å². The fraction of sp³-hybridized carbons (Fsp3) is 0.176. The second kappa shape index (κ2) is 5.40. The summed E-state index contributed by atoms with van der Waals surface area (Å²) in [5, 5.41) is 0. The van der Waals surface area contributed by atoms with Crippen molar-refractivity contribution in [2.75, 3.05) is 11.4 Å². The predicted molar refractivity (Wildman–Crippen MR) is 80.9 cm³/mol. The molecule has 1 fully saturated rings. The van der Waals surface area contributed by atoms with Crippen LogP contribution in [0.25, 0.3) is 0 Å². The number of imide groups is 1. The number of nitrogens with zero attached hydrogens (tertiary/aromatic N) is 2. The molecule has 0 aromatic heterocycles. The van der Waals surface area contributed by atoms with Gasteiger partial charge in [-0.05, 0) is 24.6 Å². The fourth-order valence-corrected chi connectivity index (χ4v) is 2.38. The number of hydrogen-bond donors (Lipinski definition) is 0. The van der Waals surface area contributed by atoms with Crippen LogP contribution in [-0.2, 0) is 11.3 Å². The van der Waals surface area contributed by atoms with Crippen LogP contribution in [0.5, 0.6) is 0 Å². The van der Waals surface area contributed by atoms with Crippen LogP contribution < -0.4 is 4.90 Å². The molecule has 21 heavy (non-hydrogen) atoms. The van der Waals surface area contributed by atoms with Crippen molar-refractivity contribution in [1.82, 2.24) is 4.90 Å². The first-order chi connectivity index (χ1) is 10.1. The molecule has 4 heteroatoms. The van der Waals surface area contributed by atoms with Gasteiger partial charge in [-0.25, -0.2) is 4.79 Å². The molecule has 1 saturated heterocycles. The molecule has 0 N–H and O–H groups in total. The average molecular weight is 280 g/mol. The number of carbonyl (C=O) groups excluding carboxylic acids is 2. The Hall–Kier alpha value is -2.62. The Kier molecular flexibility index (Phi) is 3.44. The first-order valence-electron chi connectivity index (χ1n) is 6.87. The third-order valence-electron chi connectivity index (χ3n) is 3.59. The first kappa shape index (κ1) is 13.4. The Morgan fingerprint density at radius 1 is 0.952 bits per heavy atom. The molecule has 0 saturated carbocycles. The molecular formula is C17H16N2O2. The number of carbonyl (C=O) groups is 2. The van der Waals surface area contributed by atoms with Crippen LogP contribution in [0.15, 0.2) is 54.6 Å². The van der Waals surface area contributed by atoms with Crippen LogP contribution in [0, 0.1) is 6.92 Å². The van der Waals surface area contributed by atoms with E-state index in [1.54, 1.807) is 0 Å². The third kappa shape index (κ3) is 2.65. The fourth-order valence-electron chi connectivity index (χ4n) is 2.38. The van der Waals surface area contributed by atoms with Gasteiger partial charge < -0.3 is 0 Å². The Balaban J connectivity index is 1.79. The normalized spacial score (nSPS) is 14.9. The summed E-state index contributed by atoms with van der Waals surface area (Å²) in [5.41, 5.74) is 2.86.